The van der Waals surface area contributed by atoms with Gasteiger partial charge in [0.25, 0.3) is 0 Å². The van der Waals surface area contributed by atoms with E-state index in [-0.39, 0.29) is 6.61 Å². The zero-order chi connectivity index (χ0) is 12.0. The molecule has 0 saturated carbocycles. The summed E-state index contributed by atoms with van der Waals surface area (Å²) >= 11 is 0. The highest BCUT2D eigenvalue weighted by atomic mass is 16.3. The Morgan fingerprint density at radius 2 is 2.19 bits per heavy atom. The van der Waals surface area contributed by atoms with Gasteiger partial charge in [-0.25, -0.2) is 0 Å². The molecule has 0 radical (unpaired) electrons. The van der Waals surface area contributed by atoms with Crippen molar-refractivity contribution < 1.29 is 5.11 Å². The van der Waals surface area contributed by atoms with Crippen molar-refractivity contribution in [1.82, 2.24) is 0 Å². The first kappa shape index (κ1) is 13.2. The summed E-state index contributed by atoms with van der Waals surface area (Å²) in [5, 5.41) is 8.88. The molecule has 1 aliphatic rings. The van der Waals surface area contributed by atoms with Gasteiger partial charge in [0.05, 0.1) is 6.61 Å². The maximum atomic E-state index is 8.88. The fourth-order valence-corrected chi connectivity index (χ4v) is 2.06. The molecule has 0 heterocycles. The summed E-state index contributed by atoms with van der Waals surface area (Å²) in [4.78, 5) is 0. The summed E-state index contributed by atoms with van der Waals surface area (Å²) in [5.41, 5.74) is 4.11. The summed E-state index contributed by atoms with van der Waals surface area (Å²) in [6, 6.07) is 0. The first-order valence-electron chi connectivity index (χ1n) is 6.22. The molecule has 0 aromatic heterocycles. The van der Waals surface area contributed by atoms with Gasteiger partial charge in [-0.3, -0.25) is 0 Å². The lowest BCUT2D eigenvalue weighted by Gasteiger charge is -2.21. The monoisotopic (exact) mass is 220 g/mol. The molecule has 0 aromatic rings. The van der Waals surface area contributed by atoms with Gasteiger partial charge in [0, 0.05) is 0 Å². The molecule has 1 rings (SSSR count). The smallest absolute Gasteiger partial charge is 0.0639 e. The number of allylic oxidation sites excluding steroid dienone is 5. The SMILES string of the molecule is CC1=CCC(/C(C)=C\C/C=C(\C)CO)CC1. The van der Waals surface area contributed by atoms with Crippen LogP contribution in [0.4, 0.5) is 0 Å². The minimum Gasteiger partial charge on any atom is -0.392 e. The zero-order valence-electron chi connectivity index (χ0n) is 10.8. The second kappa shape index (κ2) is 6.70. The van der Waals surface area contributed by atoms with E-state index >= 15 is 0 Å². The second-order valence-electron chi connectivity index (χ2n) is 4.91. The predicted molar refractivity (Wildman–Crippen MR) is 70.3 cm³/mol. The van der Waals surface area contributed by atoms with Crippen molar-refractivity contribution in [3.8, 4) is 0 Å². The van der Waals surface area contributed by atoms with Crippen LogP contribution in [-0.2, 0) is 0 Å². The molecule has 16 heavy (non-hydrogen) atoms. The summed E-state index contributed by atoms with van der Waals surface area (Å²) in [7, 11) is 0. The Morgan fingerprint density at radius 1 is 1.44 bits per heavy atom. The Labute approximate surface area is 99.6 Å². The molecule has 90 valence electrons. The highest BCUT2D eigenvalue weighted by molar-refractivity contribution is 5.14. The van der Waals surface area contributed by atoms with Crippen molar-refractivity contribution in [2.45, 2.75) is 46.5 Å². The molecule has 0 fully saturated rings. The normalized spacial score (nSPS) is 23.2. The van der Waals surface area contributed by atoms with E-state index in [2.05, 4.69) is 32.1 Å². The van der Waals surface area contributed by atoms with E-state index < -0.39 is 0 Å². The van der Waals surface area contributed by atoms with Crippen molar-refractivity contribution >= 4 is 0 Å². The molecular weight excluding hydrogens is 196 g/mol. The van der Waals surface area contributed by atoms with E-state index in [4.69, 9.17) is 5.11 Å². The number of hydrogen-bond acceptors (Lipinski definition) is 1. The third-order valence-corrected chi connectivity index (χ3v) is 3.44. The summed E-state index contributed by atoms with van der Waals surface area (Å²) in [5.74, 6) is 0.742. The summed E-state index contributed by atoms with van der Waals surface area (Å²) < 4.78 is 0. The molecule has 0 aromatic carbocycles. The molecule has 1 unspecified atom stereocenters. The highest BCUT2D eigenvalue weighted by Gasteiger charge is 2.13. The fraction of sp³-hybridized carbons (Fsp3) is 0.600. The van der Waals surface area contributed by atoms with Crippen LogP contribution >= 0.6 is 0 Å². The van der Waals surface area contributed by atoms with E-state index in [1.54, 1.807) is 5.57 Å². The molecule has 1 heteroatoms. The molecule has 0 amide bonds. The average molecular weight is 220 g/mol. The Morgan fingerprint density at radius 3 is 2.75 bits per heavy atom. The molecule has 0 bridgehead atoms. The van der Waals surface area contributed by atoms with E-state index in [1.807, 2.05) is 6.92 Å². The lowest BCUT2D eigenvalue weighted by atomic mass is 9.85. The van der Waals surface area contributed by atoms with Crippen molar-refractivity contribution in [3.05, 3.63) is 34.9 Å². The largest absolute Gasteiger partial charge is 0.392 e. The third kappa shape index (κ3) is 4.36. The second-order valence-corrected chi connectivity index (χ2v) is 4.91. The van der Waals surface area contributed by atoms with Gasteiger partial charge in [-0.15, -0.1) is 0 Å². The van der Waals surface area contributed by atoms with Gasteiger partial charge < -0.3 is 5.11 Å². The van der Waals surface area contributed by atoms with Crippen LogP contribution in [0.15, 0.2) is 34.9 Å². The van der Waals surface area contributed by atoms with Crippen LogP contribution in [0.5, 0.6) is 0 Å². The molecular formula is C15H24O. The van der Waals surface area contributed by atoms with Gasteiger partial charge in [0.2, 0.25) is 0 Å². The first-order chi connectivity index (χ1) is 7.63. The summed E-state index contributed by atoms with van der Waals surface area (Å²) in [6.07, 6.45) is 11.5. The highest BCUT2D eigenvalue weighted by Crippen LogP contribution is 2.28. The van der Waals surface area contributed by atoms with Crippen molar-refractivity contribution in [3.63, 3.8) is 0 Å². The molecule has 1 atom stereocenters. The van der Waals surface area contributed by atoms with E-state index in [9.17, 15) is 0 Å². The quantitative estimate of drug-likeness (QED) is 0.710. The lowest BCUT2D eigenvalue weighted by molar-refractivity contribution is 0.331. The molecule has 0 spiro atoms. The predicted octanol–water partition coefficient (Wildman–Crippen LogP) is 4.01. The maximum Gasteiger partial charge on any atom is 0.0639 e. The fourth-order valence-electron chi connectivity index (χ4n) is 2.06. The first-order valence-corrected chi connectivity index (χ1v) is 6.22. The Hall–Kier alpha value is -0.820. The minimum atomic E-state index is 0.179. The molecule has 1 N–H and O–H groups in total. The number of hydrogen-bond donors (Lipinski definition) is 1. The van der Waals surface area contributed by atoms with Crippen LogP contribution in [-0.4, -0.2) is 11.7 Å². The topological polar surface area (TPSA) is 20.2 Å². The number of aliphatic hydroxyl groups is 1. The Kier molecular flexibility index (Phi) is 5.54. The third-order valence-electron chi connectivity index (χ3n) is 3.44. The zero-order valence-corrected chi connectivity index (χ0v) is 10.8. The Bertz CT molecular complexity index is 307. The van der Waals surface area contributed by atoms with Crippen molar-refractivity contribution in [2.24, 2.45) is 5.92 Å². The van der Waals surface area contributed by atoms with E-state index in [1.165, 1.54) is 24.8 Å². The van der Waals surface area contributed by atoms with Crippen LogP contribution in [0.1, 0.15) is 46.5 Å². The standard InChI is InChI=1S/C15H24O/c1-12-7-9-15(10-8-12)14(3)6-4-5-13(2)11-16/h5-7,15-16H,4,8-11H2,1-3H3/b13-5+,14-6-. The van der Waals surface area contributed by atoms with Crippen LogP contribution in [0.3, 0.4) is 0 Å². The van der Waals surface area contributed by atoms with E-state index in [0.29, 0.717) is 0 Å². The van der Waals surface area contributed by atoms with Crippen LogP contribution in [0.25, 0.3) is 0 Å². The lowest BCUT2D eigenvalue weighted by Crippen LogP contribution is -2.06. The van der Waals surface area contributed by atoms with Gasteiger partial charge in [-0.05, 0) is 52.4 Å². The van der Waals surface area contributed by atoms with Gasteiger partial charge in [-0.1, -0.05) is 34.9 Å². The molecule has 1 nitrogen and oxygen atoms in total. The van der Waals surface area contributed by atoms with Crippen molar-refractivity contribution in [2.75, 3.05) is 6.61 Å². The molecule has 1 aliphatic carbocycles. The number of rotatable bonds is 4. The van der Waals surface area contributed by atoms with Crippen molar-refractivity contribution in [1.29, 1.82) is 0 Å². The maximum absolute atomic E-state index is 8.88. The van der Waals surface area contributed by atoms with Gasteiger partial charge in [0.15, 0.2) is 0 Å². The van der Waals surface area contributed by atoms with E-state index in [0.717, 1.165) is 17.9 Å². The molecule has 0 aliphatic heterocycles. The van der Waals surface area contributed by atoms with Crippen LogP contribution < -0.4 is 0 Å². The molecule has 0 saturated heterocycles. The number of aliphatic hydroxyl groups excluding tert-OH is 1. The summed E-state index contributed by atoms with van der Waals surface area (Å²) in [6.45, 7) is 6.61. The van der Waals surface area contributed by atoms with Gasteiger partial charge in [0.1, 0.15) is 0 Å². The van der Waals surface area contributed by atoms with Gasteiger partial charge >= 0.3 is 0 Å². The van der Waals surface area contributed by atoms with Crippen LogP contribution in [0, 0.1) is 5.92 Å². The van der Waals surface area contributed by atoms with Crippen LogP contribution in [0.2, 0.25) is 0 Å². The van der Waals surface area contributed by atoms with Gasteiger partial charge in [-0.2, -0.15) is 0 Å². The average Bonchev–Trinajstić information content (AvgIpc) is 2.29. The Balaban J connectivity index is 2.45. The minimum absolute atomic E-state index is 0.179.